The Hall–Kier alpha value is -1.30. The monoisotopic (exact) mass is 272 g/mol. The molecule has 1 aliphatic rings. The first-order valence-electron chi connectivity index (χ1n) is 4.48. The third-order valence-electron chi connectivity index (χ3n) is 2.11. The van der Waals surface area contributed by atoms with E-state index in [4.69, 9.17) is 4.42 Å². The van der Waals surface area contributed by atoms with Crippen molar-refractivity contribution in [3.05, 3.63) is 22.6 Å². The van der Waals surface area contributed by atoms with Gasteiger partial charge in [-0.25, -0.2) is 0 Å². The van der Waals surface area contributed by atoms with Crippen molar-refractivity contribution < 1.29 is 14.0 Å². The maximum absolute atomic E-state index is 11.6. The lowest BCUT2D eigenvalue weighted by Crippen LogP contribution is -2.35. The number of carbonyl (C=O) groups excluding carboxylic acids is 2. The van der Waals surface area contributed by atoms with Crippen molar-refractivity contribution in [1.29, 1.82) is 0 Å². The van der Waals surface area contributed by atoms with Gasteiger partial charge in [-0.15, -0.1) is 0 Å². The molecule has 0 aromatic carbocycles. The summed E-state index contributed by atoms with van der Waals surface area (Å²) >= 11 is 3.11. The van der Waals surface area contributed by atoms with Crippen LogP contribution in [0.3, 0.4) is 0 Å². The van der Waals surface area contributed by atoms with E-state index in [2.05, 4.69) is 26.6 Å². The minimum atomic E-state index is -0.304. The average molecular weight is 273 g/mol. The largest absolute Gasteiger partial charge is 0.444 e. The van der Waals surface area contributed by atoms with Gasteiger partial charge in [-0.3, -0.25) is 9.59 Å². The molecule has 2 heterocycles. The third-order valence-corrected chi connectivity index (χ3v) is 2.54. The van der Waals surface area contributed by atoms with Crippen LogP contribution in [0, 0.1) is 0 Å². The van der Waals surface area contributed by atoms with Crippen LogP contribution in [0.5, 0.6) is 0 Å². The Morgan fingerprint density at radius 3 is 2.93 bits per heavy atom. The molecule has 1 fully saturated rings. The second-order valence-corrected chi connectivity index (χ2v) is 4.06. The predicted octanol–water partition coefficient (Wildman–Crippen LogP) is 0.660. The van der Waals surface area contributed by atoms with E-state index in [0.717, 1.165) is 0 Å². The van der Waals surface area contributed by atoms with E-state index < -0.39 is 0 Å². The third kappa shape index (κ3) is 2.38. The van der Waals surface area contributed by atoms with Crippen LogP contribution in [0.4, 0.5) is 0 Å². The van der Waals surface area contributed by atoms with Crippen molar-refractivity contribution in [2.45, 2.75) is 12.5 Å². The molecule has 0 saturated carbocycles. The normalized spacial score (nSPS) is 20.1. The molecule has 0 bridgehead atoms. The van der Waals surface area contributed by atoms with Crippen LogP contribution >= 0.6 is 15.9 Å². The summed E-state index contributed by atoms with van der Waals surface area (Å²) in [6, 6.07) is 3.07. The summed E-state index contributed by atoms with van der Waals surface area (Å²) in [6.45, 7) is 0.479. The quantitative estimate of drug-likeness (QED) is 0.831. The zero-order chi connectivity index (χ0) is 10.8. The van der Waals surface area contributed by atoms with Gasteiger partial charge in [0.2, 0.25) is 5.91 Å². The zero-order valence-corrected chi connectivity index (χ0v) is 9.33. The van der Waals surface area contributed by atoms with Crippen LogP contribution < -0.4 is 10.6 Å². The predicted molar refractivity (Wildman–Crippen MR) is 55.3 cm³/mol. The van der Waals surface area contributed by atoms with Crippen molar-refractivity contribution in [3.8, 4) is 0 Å². The van der Waals surface area contributed by atoms with E-state index in [-0.39, 0.29) is 23.6 Å². The first-order valence-corrected chi connectivity index (χ1v) is 5.27. The van der Waals surface area contributed by atoms with Gasteiger partial charge < -0.3 is 15.1 Å². The van der Waals surface area contributed by atoms with Crippen LogP contribution in [-0.2, 0) is 4.79 Å². The molecule has 2 rings (SSSR count). The van der Waals surface area contributed by atoms with Crippen molar-refractivity contribution in [2.75, 3.05) is 6.54 Å². The highest BCUT2D eigenvalue weighted by molar-refractivity contribution is 9.10. The summed E-state index contributed by atoms with van der Waals surface area (Å²) in [4.78, 5) is 22.4. The number of halogens is 1. The van der Waals surface area contributed by atoms with Gasteiger partial charge in [0.05, 0.1) is 6.04 Å². The van der Waals surface area contributed by atoms with Crippen molar-refractivity contribution in [2.24, 2.45) is 0 Å². The molecule has 0 radical (unpaired) electrons. The van der Waals surface area contributed by atoms with E-state index in [1.165, 1.54) is 0 Å². The molecular formula is C9H9BrN2O3. The molecule has 5 nitrogen and oxygen atoms in total. The second kappa shape index (κ2) is 4.06. The Morgan fingerprint density at radius 2 is 2.40 bits per heavy atom. The lowest BCUT2D eigenvalue weighted by atomic mass is 10.2. The van der Waals surface area contributed by atoms with Gasteiger partial charge in [-0.1, -0.05) is 0 Å². The molecular weight excluding hydrogens is 264 g/mol. The summed E-state index contributed by atoms with van der Waals surface area (Å²) in [5, 5.41) is 5.34. The fraction of sp³-hybridized carbons (Fsp3) is 0.333. The number of rotatable bonds is 2. The summed E-state index contributed by atoms with van der Waals surface area (Å²) in [5.41, 5.74) is 0. The lowest BCUT2D eigenvalue weighted by molar-refractivity contribution is -0.119. The number of amides is 2. The maximum atomic E-state index is 11.6. The Bertz CT molecular complexity index is 402. The molecule has 1 aromatic rings. The molecule has 1 aliphatic heterocycles. The number of hydrogen-bond donors (Lipinski definition) is 2. The lowest BCUT2D eigenvalue weighted by Gasteiger charge is -2.07. The van der Waals surface area contributed by atoms with Crippen molar-refractivity contribution in [3.63, 3.8) is 0 Å². The first kappa shape index (κ1) is 10.2. The van der Waals surface area contributed by atoms with Gasteiger partial charge in [0.1, 0.15) is 0 Å². The Labute approximate surface area is 94.3 Å². The summed E-state index contributed by atoms with van der Waals surface area (Å²) < 4.78 is 5.59. The maximum Gasteiger partial charge on any atom is 0.287 e. The topological polar surface area (TPSA) is 71.3 Å². The summed E-state index contributed by atoms with van der Waals surface area (Å²) in [6.07, 6.45) is 0.327. The molecule has 2 amide bonds. The molecule has 0 aliphatic carbocycles. The highest BCUT2D eigenvalue weighted by Crippen LogP contribution is 2.14. The van der Waals surface area contributed by atoms with Gasteiger partial charge in [-0.05, 0) is 28.1 Å². The number of hydrogen-bond acceptors (Lipinski definition) is 3. The fourth-order valence-electron chi connectivity index (χ4n) is 1.40. The van der Waals surface area contributed by atoms with E-state index in [9.17, 15) is 9.59 Å². The van der Waals surface area contributed by atoms with Gasteiger partial charge in [-0.2, -0.15) is 0 Å². The van der Waals surface area contributed by atoms with Gasteiger partial charge in [0.15, 0.2) is 10.4 Å². The standard InChI is InChI=1S/C9H9BrN2O3/c10-7-2-1-6(15-7)9(14)12-5-3-8(13)11-4-5/h1-2,5H,3-4H2,(H,11,13)(H,12,14)/t5-/m0/s1. The van der Waals surface area contributed by atoms with Crippen LogP contribution in [0.2, 0.25) is 0 Å². The fourth-order valence-corrected chi connectivity index (χ4v) is 1.71. The molecule has 1 atom stereocenters. The zero-order valence-electron chi connectivity index (χ0n) is 7.75. The van der Waals surface area contributed by atoms with Crippen molar-refractivity contribution in [1.82, 2.24) is 10.6 Å². The number of furan rings is 1. The molecule has 0 spiro atoms. The molecule has 2 N–H and O–H groups in total. The van der Waals surface area contributed by atoms with Crippen LogP contribution in [0.15, 0.2) is 21.2 Å². The molecule has 1 saturated heterocycles. The van der Waals surface area contributed by atoms with Crippen molar-refractivity contribution >= 4 is 27.7 Å². The Kier molecular flexibility index (Phi) is 2.77. The molecule has 80 valence electrons. The van der Waals surface area contributed by atoms with Gasteiger partial charge in [0.25, 0.3) is 5.91 Å². The molecule has 1 aromatic heterocycles. The Balaban J connectivity index is 1.95. The van der Waals surface area contributed by atoms with Gasteiger partial charge in [0, 0.05) is 13.0 Å². The highest BCUT2D eigenvalue weighted by atomic mass is 79.9. The number of nitrogens with one attached hydrogen (secondary N) is 2. The summed E-state index contributed by atoms with van der Waals surface area (Å²) in [7, 11) is 0. The highest BCUT2D eigenvalue weighted by Gasteiger charge is 2.24. The minimum Gasteiger partial charge on any atom is -0.444 e. The average Bonchev–Trinajstić information content (AvgIpc) is 2.75. The molecule has 6 heteroatoms. The van der Waals surface area contributed by atoms with E-state index in [1.54, 1.807) is 12.1 Å². The summed E-state index contributed by atoms with van der Waals surface area (Å²) in [5.74, 6) is -0.107. The van der Waals surface area contributed by atoms with Crippen LogP contribution in [0.25, 0.3) is 0 Å². The minimum absolute atomic E-state index is 0.0408. The smallest absolute Gasteiger partial charge is 0.287 e. The first-order chi connectivity index (χ1) is 7.15. The SMILES string of the molecule is O=C1C[C@H](NC(=O)c2ccc(Br)o2)CN1. The molecule has 15 heavy (non-hydrogen) atoms. The van der Waals surface area contributed by atoms with E-state index >= 15 is 0 Å². The van der Waals surface area contributed by atoms with Gasteiger partial charge >= 0.3 is 0 Å². The van der Waals surface area contributed by atoms with Crippen LogP contribution in [0.1, 0.15) is 17.0 Å². The number of carbonyl (C=O) groups is 2. The second-order valence-electron chi connectivity index (χ2n) is 3.28. The van der Waals surface area contributed by atoms with Crippen LogP contribution in [-0.4, -0.2) is 24.4 Å². The molecule has 0 unspecified atom stereocenters. The Morgan fingerprint density at radius 1 is 1.60 bits per heavy atom. The van der Waals surface area contributed by atoms with E-state index in [1.807, 2.05) is 0 Å². The van der Waals surface area contributed by atoms with E-state index in [0.29, 0.717) is 17.6 Å².